The Morgan fingerprint density at radius 3 is 2.50 bits per heavy atom. The Morgan fingerprint density at radius 2 is 2.07 bits per heavy atom. The molecule has 1 aromatic rings. The average Bonchev–Trinajstić information content (AvgIpc) is 2.16. The van der Waals surface area contributed by atoms with E-state index in [9.17, 15) is 5.11 Å². The highest BCUT2D eigenvalue weighted by atomic mass is 16.5. The van der Waals surface area contributed by atoms with Gasteiger partial charge >= 0.3 is 0 Å². The van der Waals surface area contributed by atoms with Gasteiger partial charge in [-0.25, -0.2) is 0 Å². The Kier molecular flexibility index (Phi) is 2.98. The first kappa shape index (κ1) is 10.4. The van der Waals surface area contributed by atoms with Gasteiger partial charge in [-0.1, -0.05) is 13.8 Å². The predicted molar refractivity (Wildman–Crippen MR) is 53.5 cm³/mol. The number of aromatic hydroxyl groups is 1. The van der Waals surface area contributed by atoms with Gasteiger partial charge in [-0.3, -0.25) is 0 Å². The summed E-state index contributed by atoms with van der Waals surface area (Å²) < 4.78 is 5.05. The van der Waals surface area contributed by atoms with Gasteiger partial charge in [-0.05, 0) is 12.0 Å². The van der Waals surface area contributed by atoms with Gasteiger partial charge in [-0.2, -0.15) is 5.26 Å². The Morgan fingerprint density at radius 1 is 1.43 bits per heavy atom. The molecule has 14 heavy (non-hydrogen) atoms. The molecule has 0 atom stereocenters. The first-order valence-electron chi connectivity index (χ1n) is 4.41. The number of benzene rings is 1. The summed E-state index contributed by atoms with van der Waals surface area (Å²) in [7, 11) is 1.51. The molecule has 1 N–H and O–H groups in total. The lowest BCUT2D eigenvalue weighted by Crippen LogP contribution is -1.93. The molecule has 0 aliphatic carbocycles. The molecular formula is C11H13NO2. The summed E-state index contributed by atoms with van der Waals surface area (Å²) in [5, 5.41) is 18.4. The molecular weight excluding hydrogens is 178 g/mol. The van der Waals surface area contributed by atoms with Crippen LogP contribution in [0, 0.1) is 11.3 Å². The van der Waals surface area contributed by atoms with Crippen LogP contribution in [-0.4, -0.2) is 12.2 Å². The van der Waals surface area contributed by atoms with Gasteiger partial charge < -0.3 is 9.84 Å². The van der Waals surface area contributed by atoms with Crippen LogP contribution in [0.5, 0.6) is 11.5 Å². The van der Waals surface area contributed by atoms with Crippen molar-refractivity contribution in [3.63, 3.8) is 0 Å². The number of methoxy groups -OCH3 is 1. The van der Waals surface area contributed by atoms with Crippen LogP contribution < -0.4 is 4.74 Å². The highest BCUT2D eigenvalue weighted by Crippen LogP contribution is 2.32. The van der Waals surface area contributed by atoms with Crippen LogP contribution in [0.1, 0.15) is 30.9 Å². The van der Waals surface area contributed by atoms with Crippen LogP contribution in [-0.2, 0) is 0 Å². The topological polar surface area (TPSA) is 53.2 Å². The lowest BCUT2D eigenvalue weighted by atomic mass is 10.00. The van der Waals surface area contributed by atoms with Crippen molar-refractivity contribution in [1.29, 1.82) is 5.26 Å². The molecule has 0 aromatic heterocycles. The van der Waals surface area contributed by atoms with Crippen molar-refractivity contribution in [2.45, 2.75) is 19.8 Å². The van der Waals surface area contributed by atoms with Crippen LogP contribution in [0.2, 0.25) is 0 Å². The van der Waals surface area contributed by atoms with E-state index in [4.69, 9.17) is 10.00 Å². The maximum Gasteiger partial charge on any atom is 0.137 e. The van der Waals surface area contributed by atoms with E-state index in [1.165, 1.54) is 13.2 Å². The summed E-state index contributed by atoms with van der Waals surface area (Å²) in [5.74, 6) is 0.864. The first-order valence-corrected chi connectivity index (χ1v) is 4.41. The van der Waals surface area contributed by atoms with E-state index in [1.807, 2.05) is 19.9 Å². The number of hydrogen-bond donors (Lipinski definition) is 1. The third-order valence-electron chi connectivity index (χ3n) is 2.09. The van der Waals surface area contributed by atoms with Gasteiger partial charge in [0.25, 0.3) is 0 Å². The van der Waals surface area contributed by atoms with Crippen molar-refractivity contribution in [2.24, 2.45) is 0 Å². The summed E-state index contributed by atoms with van der Waals surface area (Å²) in [6.45, 7) is 3.95. The third-order valence-corrected chi connectivity index (χ3v) is 2.09. The van der Waals surface area contributed by atoms with Gasteiger partial charge in [0.1, 0.15) is 17.6 Å². The maximum absolute atomic E-state index is 9.61. The molecule has 1 aromatic carbocycles. The van der Waals surface area contributed by atoms with E-state index in [0.717, 1.165) is 5.56 Å². The standard InChI is InChI=1S/C11H13NO2/c1-7(2)9-5-11(14-3)8(6-12)4-10(9)13/h4-5,7,13H,1-3H3. The van der Waals surface area contributed by atoms with E-state index < -0.39 is 0 Å². The summed E-state index contributed by atoms with van der Waals surface area (Å²) in [6.07, 6.45) is 0. The smallest absolute Gasteiger partial charge is 0.137 e. The molecule has 0 bridgehead atoms. The van der Waals surface area contributed by atoms with Crippen molar-refractivity contribution in [3.05, 3.63) is 23.3 Å². The molecule has 0 amide bonds. The molecule has 0 fully saturated rings. The second-order valence-corrected chi connectivity index (χ2v) is 3.38. The zero-order chi connectivity index (χ0) is 10.7. The zero-order valence-corrected chi connectivity index (χ0v) is 8.53. The summed E-state index contributed by atoms with van der Waals surface area (Å²) in [6, 6.07) is 5.11. The largest absolute Gasteiger partial charge is 0.508 e. The highest BCUT2D eigenvalue weighted by Gasteiger charge is 2.11. The molecule has 0 aliphatic heterocycles. The molecule has 0 saturated heterocycles. The van der Waals surface area contributed by atoms with Crippen molar-refractivity contribution >= 4 is 0 Å². The molecule has 0 aliphatic rings. The molecule has 3 heteroatoms. The van der Waals surface area contributed by atoms with E-state index in [1.54, 1.807) is 6.07 Å². The maximum atomic E-state index is 9.61. The lowest BCUT2D eigenvalue weighted by molar-refractivity contribution is 0.408. The highest BCUT2D eigenvalue weighted by molar-refractivity contribution is 5.52. The van der Waals surface area contributed by atoms with Gasteiger partial charge in [0.2, 0.25) is 0 Å². The van der Waals surface area contributed by atoms with Crippen molar-refractivity contribution < 1.29 is 9.84 Å². The second kappa shape index (κ2) is 4.01. The quantitative estimate of drug-likeness (QED) is 0.780. The van der Waals surface area contributed by atoms with E-state index in [-0.39, 0.29) is 11.7 Å². The van der Waals surface area contributed by atoms with Crippen LogP contribution in [0.3, 0.4) is 0 Å². The normalized spacial score (nSPS) is 9.93. The number of ether oxygens (including phenoxy) is 1. The monoisotopic (exact) mass is 191 g/mol. The van der Waals surface area contributed by atoms with E-state index in [2.05, 4.69) is 0 Å². The first-order chi connectivity index (χ1) is 6.60. The van der Waals surface area contributed by atoms with E-state index >= 15 is 0 Å². The number of rotatable bonds is 2. The fraction of sp³-hybridized carbons (Fsp3) is 0.364. The SMILES string of the molecule is COc1cc(C(C)C)c(O)cc1C#N. The fourth-order valence-electron chi connectivity index (χ4n) is 1.30. The van der Waals surface area contributed by atoms with Gasteiger partial charge in [-0.15, -0.1) is 0 Å². The van der Waals surface area contributed by atoms with Crippen molar-refractivity contribution in [1.82, 2.24) is 0 Å². The van der Waals surface area contributed by atoms with Gasteiger partial charge in [0, 0.05) is 11.6 Å². The summed E-state index contributed by atoms with van der Waals surface area (Å²) in [5.41, 5.74) is 1.15. The summed E-state index contributed by atoms with van der Waals surface area (Å²) in [4.78, 5) is 0. The molecule has 1 rings (SSSR count). The Balaban J connectivity index is 3.32. The van der Waals surface area contributed by atoms with Crippen molar-refractivity contribution in [2.75, 3.05) is 7.11 Å². The van der Waals surface area contributed by atoms with Crippen LogP contribution >= 0.6 is 0 Å². The molecule has 0 saturated carbocycles. The van der Waals surface area contributed by atoms with Crippen molar-refractivity contribution in [3.8, 4) is 17.6 Å². The zero-order valence-electron chi connectivity index (χ0n) is 8.53. The fourth-order valence-corrected chi connectivity index (χ4v) is 1.30. The minimum atomic E-state index is 0.150. The molecule has 3 nitrogen and oxygen atoms in total. The molecule has 0 heterocycles. The number of phenolic OH excluding ortho intramolecular Hbond substituents is 1. The van der Waals surface area contributed by atoms with Crippen LogP contribution in [0.25, 0.3) is 0 Å². The Labute approximate surface area is 83.6 Å². The minimum absolute atomic E-state index is 0.150. The van der Waals surface area contributed by atoms with Gasteiger partial charge in [0.15, 0.2) is 0 Å². The lowest BCUT2D eigenvalue weighted by Gasteiger charge is -2.11. The van der Waals surface area contributed by atoms with Crippen LogP contribution in [0.4, 0.5) is 0 Å². The number of nitrogens with zero attached hydrogens (tertiary/aromatic N) is 1. The molecule has 0 unspecified atom stereocenters. The Hall–Kier alpha value is -1.69. The number of nitriles is 1. The predicted octanol–water partition coefficient (Wildman–Crippen LogP) is 2.40. The minimum Gasteiger partial charge on any atom is -0.508 e. The van der Waals surface area contributed by atoms with Gasteiger partial charge in [0.05, 0.1) is 12.7 Å². The van der Waals surface area contributed by atoms with Crippen LogP contribution in [0.15, 0.2) is 12.1 Å². The second-order valence-electron chi connectivity index (χ2n) is 3.38. The average molecular weight is 191 g/mol. The third kappa shape index (κ3) is 1.80. The molecule has 0 radical (unpaired) electrons. The summed E-state index contributed by atoms with van der Waals surface area (Å²) >= 11 is 0. The molecule has 0 spiro atoms. The molecule has 74 valence electrons. The number of hydrogen-bond acceptors (Lipinski definition) is 3. The Bertz CT molecular complexity index is 377. The van der Waals surface area contributed by atoms with E-state index in [0.29, 0.717) is 11.3 Å². The number of phenols is 1.